The summed E-state index contributed by atoms with van der Waals surface area (Å²) in [6.45, 7) is 2.72. The Bertz CT molecular complexity index is 555. The second-order valence-electron chi connectivity index (χ2n) is 3.92. The highest BCUT2D eigenvalue weighted by Crippen LogP contribution is 2.26. The molecule has 2 rings (SSSR count). The molecule has 0 spiro atoms. The number of carbonyl (C=O) groups excluding carboxylic acids is 1. The lowest BCUT2D eigenvalue weighted by Crippen LogP contribution is -2.04. The molecule has 2 N–H and O–H groups in total. The lowest BCUT2D eigenvalue weighted by molar-refractivity contribution is -0.141. The van der Waals surface area contributed by atoms with Gasteiger partial charge in [0.25, 0.3) is 0 Å². The fourth-order valence-electron chi connectivity index (χ4n) is 1.70. The molecule has 0 bridgehead atoms. The number of rotatable bonds is 5. The second-order valence-corrected chi connectivity index (χ2v) is 4.83. The summed E-state index contributed by atoms with van der Waals surface area (Å²) in [6, 6.07) is 0. The molecule has 0 unspecified atom stereocenters. The molecule has 2 aromatic heterocycles. The fraction of sp³-hybridized carbons (Fsp3) is 0.455. The van der Waals surface area contributed by atoms with Crippen molar-refractivity contribution in [2.75, 3.05) is 12.3 Å². The monoisotopic (exact) mass is 266 g/mol. The summed E-state index contributed by atoms with van der Waals surface area (Å²) >= 11 is 0. The van der Waals surface area contributed by atoms with Gasteiger partial charge >= 0.3 is 5.97 Å². The third-order valence-corrected chi connectivity index (χ3v) is 3.50. The third kappa shape index (κ3) is 2.96. The van der Waals surface area contributed by atoms with Crippen LogP contribution in [0.1, 0.15) is 19.8 Å². The van der Waals surface area contributed by atoms with E-state index in [1.165, 1.54) is 13.3 Å². The molecule has 2 heterocycles. The van der Waals surface area contributed by atoms with E-state index < -0.39 is 0 Å². The van der Waals surface area contributed by atoms with Gasteiger partial charge < -0.3 is 15.0 Å². The zero-order valence-electron chi connectivity index (χ0n) is 10.2. The maximum atomic E-state index is 10.6. The van der Waals surface area contributed by atoms with E-state index in [0.29, 0.717) is 12.4 Å². The zero-order valence-corrected chi connectivity index (χ0v) is 11.1. The Kier molecular flexibility index (Phi) is 4.10. The molecule has 0 saturated carbocycles. The van der Waals surface area contributed by atoms with E-state index in [2.05, 4.69) is 14.5 Å². The van der Waals surface area contributed by atoms with Gasteiger partial charge in [0, 0.05) is 19.4 Å². The topological polar surface area (TPSA) is 83.0 Å². The summed E-state index contributed by atoms with van der Waals surface area (Å²) in [5, 5.41) is 0.947. The Hall–Kier alpha value is -1.68. The van der Waals surface area contributed by atoms with Crippen LogP contribution in [0.2, 0.25) is 0 Å². The van der Waals surface area contributed by atoms with Gasteiger partial charge in [-0.25, -0.2) is 9.97 Å². The van der Waals surface area contributed by atoms with Crippen LogP contribution in [-0.2, 0) is 16.1 Å². The number of nitrogens with zero attached hydrogens (tertiary/aromatic N) is 3. The minimum Gasteiger partial charge on any atom is -0.466 e. The van der Waals surface area contributed by atoms with Gasteiger partial charge in [-0.05, 0) is 21.0 Å². The summed E-state index contributed by atoms with van der Waals surface area (Å²) in [5.74, 6) is 2.33. The zero-order chi connectivity index (χ0) is 13.0. The second kappa shape index (κ2) is 5.78. The van der Waals surface area contributed by atoms with Gasteiger partial charge in [0.15, 0.2) is 5.82 Å². The number of aryl methyl sites for hydroxylation is 1. The first kappa shape index (κ1) is 12.8. The highest BCUT2D eigenvalue weighted by atomic mass is 31.0. The van der Waals surface area contributed by atoms with Gasteiger partial charge in [0.1, 0.15) is 17.1 Å². The van der Waals surface area contributed by atoms with Crippen LogP contribution >= 0.6 is 8.19 Å². The van der Waals surface area contributed by atoms with Crippen molar-refractivity contribution in [1.29, 1.82) is 0 Å². The van der Waals surface area contributed by atoms with Crippen LogP contribution < -0.4 is 5.73 Å². The molecule has 0 aliphatic carbocycles. The Balaban J connectivity index is 1.94. The fourth-order valence-corrected chi connectivity index (χ4v) is 2.67. The minimum absolute atomic E-state index is 0.232. The normalized spacial score (nSPS) is 11.2. The lowest BCUT2D eigenvalue weighted by atomic mass is 10.3. The van der Waals surface area contributed by atoms with Crippen molar-refractivity contribution in [3.63, 3.8) is 0 Å². The van der Waals surface area contributed by atoms with Gasteiger partial charge in [0.2, 0.25) is 0 Å². The molecule has 2 aromatic rings. The van der Waals surface area contributed by atoms with E-state index >= 15 is 0 Å². The van der Waals surface area contributed by atoms with E-state index in [1.54, 1.807) is 0 Å². The van der Waals surface area contributed by atoms with Crippen molar-refractivity contribution in [2.24, 2.45) is 0 Å². The predicted octanol–water partition coefficient (Wildman–Crippen LogP) is 1.94. The maximum absolute atomic E-state index is 10.6. The van der Waals surface area contributed by atoms with Gasteiger partial charge in [-0.3, -0.25) is 4.79 Å². The molecule has 18 heavy (non-hydrogen) atoms. The number of nitrogen functional groups attached to an aromatic ring is 1. The molecule has 6 nitrogen and oxygen atoms in total. The first-order valence-electron chi connectivity index (χ1n) is 5.73. The van der Waals surface area contributed by atoms with Crippen molar-refractivity contribution >= 4 is 30.7 Å². The summed E-state index contributed by atoms with van der Waals surface area (Å²) < 4.78 is 6.95. The number of ether oxygens (including phenoxy) is 1. The number of unbranched alkanes of at least 4 members (excludes halogenated alkanes) is 1. The quantitative estimate of drug-likeness (QED) is 0.660. The van der Waals surface area contributed by atoms with Crippen LogP contribution in [0.15, 0.2) is 12.3 Å². The van der Waals surface area contributed by atoms with Gasteiger partial charge in [-0.1, -0.05) is 0 Å². The number of aromatic nitrogens is 3. The molecule has 0 aliphatic heterocycles. The summed E-state index contributed by atoms with van der Waals surface area (Å²) in [4.78, 5) is 18.8. The molecule has 0 fully saturated rings. The molecular formula is C11H15N4O2P. The maximum Gasteiger partial charge on any atom is 0.302 e. The molecule has 0 atom stereocenters. The van der Waals surface area contributed by atoms with E-state index in [-0.39, 0.29) is 5.97 Å². The van der Waals surface area contributed by atoms with Crippen molar-refractivity contribution in [1.82, 2.24) is 14.5 Å². The Labute approximate surface area is 106 Å². The molecule has 96 valence electrons. The van der Waals surface area contributed by atoms with Crippen molar-refractivity contribution in [3.05, 3.63) is 12.3 Å². The Morgan fingerprint density at radius 1 is 1.50 bits per heavy atom. The standard InChI is InChI=1S/C11H15N4O2P/c1-8(16)17-5-3-2-4-15-7-18-11-9(15)10(12)13-6-14-11/h6-7H,2-5H2,1H3,(H2,12,13,14). The number of esters is 1. The van der Waals surface area contributed by atoms with E-state index in [1.807, 2.05) is 5.93 Å². The number of hydrogen-bond donors (Lipinski definition) is 1. The smallest absolute Gasteiger partial charge is 0.302 e. The van der Waals surface area contributed by atoms with Crippen LogP contribution in [-0.4, -0.2) is 27.1 Å². The molecular weight excluding hydrogens is 251 g/mol. The van der Waals surface area contributed by atoms with Gasteiger partial charge in [-0.2, -0.15) is 0 Å². The predicted molar refractivity (Wildman–Crippen MR) is 70.3 cm³/mol. The lowest BCUT2D eigenvalue weighted by Gasteiger charge is -2.06. The number of anilines is 1. The van der Waals surface area contributed by atoms with E-state index in [9.17, 15) is 4.79 Å². The number of hydrogen-bond acceptors (Lipinski definition) is 5. The largest absolute Gasteiger partial charge is 0.466 e. The van der Waals surface area contributed by atoms with Crippen LogP contribution in [0.25, 0.3) is 10.8 Å². The molecule has 0 saturated heterocycles. The molecule has 7 heteroatoms. The van der Waals surface area contributed by atoms with Crippen LogP contribution in [0.3, 0.4) is 0 Å². The van der Waals surface area contributed by atoms with Crippen molar-refractivity contribution in [2.45, 2.75) is 26.3 Å². The summed E-state index contributed by atoms with van der Waals surface area (Å²) in [6.07, 6.45) is 3.25. The number of nitrogens with two attached hydrogens (primary N) is 1. The van der Waals surface area contributed by atoms with Crippen molar-refractivity contribution in [3.8, 4) is 0 Å². The molecule has 0 aromatic carbocycles. The van der Waals surface area contributed by atoms with E-state index in [0.717, 1.165) is 38.3 Å². The van der Waals surface area contributed by atoms with Gasteiger partial charge in [-0.15, -0.1) is 0 Å². The van der Waals surface area contributed by atoms with E-state index in [4.69, 9.17) is 10.5 Å². The Morgan fingerprint density at radius 3 is 3.11 bits per heavy atom. The minimum atomic E-state index is -0.232. The van der Waals surface area contributed by atoms with Crippen LogP contribution in [0, 0.1) is 0 Å². The summed E-state index contributed by atoms with van der Waals surface area (Å²) in [7, 11) is 1.05. The molecule has 0 aliphatic rings. The highest BCUT2D eigenvalue weighted by Gasteiger charge is 2.06. The molecule has 0 amide bonds. The average molecular weight is 266 g/mol. The first-order valence-corrected chi connectivity index (χ1v) is 6.69. The molecule has 0 radical (unpaired) electrons. The SMILES string of the molecule is CC(=O)OCCCCn1cpc2ncnc(N)c21. The number of carbonyl (C=O) groups is 1. The average Bonchev–Trinajstić information content (AvgIpc) is 2.73. The Morgan fingerprint density at radius 2 is 2.33 bits per heavy atom. The van der Waals surface area contributed by atoms with Crippen molar-refractivity contribution < 1.29 is 9.53 Å². The first-order chi connectivity index (χ1) is 8.68. The van der Waals surface area contributed by atoms with Crippen LogP contribution in [0.5, 0.6) is 0 Å². The van der Waals surface area contributed by atoms with Crippen LogP contribution in [0.4, 0.5) is 5.82 Å². The number of fused-ring (bicyclic) bond motifs is 1. The highest BCUT2D eigenvalue weighted by molar-refractivity contribution is 7.35. The summed E-state index contributed by atoms with van der Waals surface area (Å²) in [5.41, 5.74) is 6.75. The third-order valence-electron chi connectivity index (χ3n) is 2.54. The van der Waals surface area contributed by atoms with Gasteiger partial charge in [0.05, 0.1) is 6.61 Å².